The van der Waals surface area contributed by atoms with Crippen molar-refractivity contribution in [3.8, 4) is 0 Å². The van der Waals surface area contributed by atoms with Crippen molar-refractivity contribution in [1.29, 1.82) is 0 Å². The van der Waals surface area contributed by atoms with Crippen molar-refractivity contribution in [3.63, 3.8) is 0 Å². The molecule has 1 aromatic rings. The van der Waals surface area contributed by atoms with Gasteiger partial charge in [-0.3, -0.25) is 4.79 Å². The van der Waals surface area contributed by atoms with Crippen LogP contribution in [0, 0.1) is 5.92 Å². The zero-order valence-electron chi connectivity index (χ0n) is 11.6. The lowest BCUT2D eigenvalue weighted by atomic mass is 9.86. The number of nitrogens with two attached hydrogens (primary N) is 1. The second-order valence-electron chi connectivity index (χ2n) is 5.67. The SMILES string of the molecule is CC1CCCCC1NC(=O)[C@@H](N)Cc1ccccc1. The number of nitrogens with one attached hydrogen (secondary N) is 1. The molecule has 1 amide bonds. The zero-order valence-corrected chi connectivity index (χ0v) is 11.6. The summed E-state index contributed by atoms with van der Waals surface area (Å²) < 4.78 is 0. The van der Waals surface area contributed by atoms with Gasteiger partial charge in [-0.1, -0.05) is 50.1 Å². The van der Waals surface area contributed by atoms with Gasteiger partial charge in [0.2, 0.25) is 5.91 Å². The van der Waals surface area contributed by atoms with Crippen LogP contribution in [0.15, 0.2) is 30.3 Å². The third kappa shape index (κ3) is 4.06. The Morgan fingerprint density at radius 2 is 2.00 bits per heavy atom. The maximum absolute atomic E-state index is 12.1. The maximum atomic E-state index is 12.1. The van der Waals surface area contributed by atoms with Crippen LogP contribution in [0.5, 0.6) is 0 Å². The number of carbonyl (C=O) groups is 1. The van der Waals surface area contributed by atoms with E-state index in [4.69, 9.17) is 5.73 Å². The first-order chi connectivity index (χ1) is 9.16. The first kappa shape index (κ1) is 14.1. The second-order valence-corrected chi connectivity index (χ2v) is 5.67. The van der Waals surface area contributed by atoms with Crippen molar-refractivity contribution in [3.05, 3.63) is 35.9 Å². The highest BCUT2D eigenvalue weighted by Gasteiger charge is 2.24. The molecule has 2 unspecified atom stereocenters. The number of hydrogen-bond acceptors (Lipinski definition) is 2. The number of carbonyl (C=O) groups excluding carboxylic acids is 1. The molecule has 1 fully saturated rings. The van der Waals surface area contributed by atoms with E-state index in [0.29, 0.717) is 18.4 Å². The summed E-state index contributed by atoms with van der Waals surface area (Å²) in [5.74, 6) is 0.559. The van der Waals surface area contributed by atoms with E-state index >= 15 is 0 Å². The topological polar surface area (TPSA) is 55.1 Å². The van der Waals surface area contributed by atoms with E-state index in [1.807, 2.05) is 30.3 Å². The molecular formula is C16H24N2O. The molecule has 104 valence electrons. The minimum atomic E-state index is -0.448. The molecule has 19 heavy (non-hydrogen) atoms. The summed E-state index contributed by atoms with van der Waals surface area (Å²) in [5.41, 5.74) is 7.11. The number of amides is 1. The van der Waals surface area contributed by atoms with Crippen LogP contribution in [0.4, 0.5) is 0 Å². The zero-order chi connectivity index (χ0) is 13.7. The van der Waals surface area contributed by atoms with Crippen molar-refractivity contribution < 1.29 is 4.79 Å². The minimum Gasteiger partial charge on any atom is -0.352 e. The molecule has 1 aromatic carbocycles. The van der Waals surface area contributed by atoms with Crippen LogP contribution in [0.1, 0.15) is 38.2 Å². The average Bonchev–Trinajstić information content (AvgIpc) is 2.42. The lowest BCUT2D eigenvalue weighted by molar-refractivity contribution is -0.123. The molecule has 3 heteroatoms. The predicted octanol–water partition coefficient (Wildman–Crippen LogP) is 2.25. The quantitative estimate of drug-likeness (QED) is 0.872. The van der Waals surface area contributed by atoms with E-state index < -0.39 is 6.04 Å². The summed E-state index contributed by atoms with van der Waals surface area (Å²) in [6.45, 7) is 2.22. The van der Waals surface area contributed by atoms with Crippen LogP contribution < -0.4 is 11.1 Å². The summed E-state index contributed by atoms with van der Waals surface area (Å²) in [6.07, 6.45) is 5.39. The standard InChI is InChI=1S/C16H24N2O/c1-12-7-5-6-10-15(12)18-16(19)14(17)11-13-8-3-2-4-9-13/h2-4,8-9,12,14-15H,5-7,10-11,17H2,1H3,(H,18,19)/t12?,14-,15?/m0/s1. The molecular weight excluding hydrogens is 236 g/mol. The van der Waals surface area contributed by atoms with Crippen LogP contribution in [-0.4, -0.2) is 18.0 Å². The van der Waals surface area contributed by atoms with Crippen LogP contribution in [0.3, 0.4) is 0 Å². The lowest BCUT2D eigenvalue weighted by Gasteiger charge is -2.30. The Morgan fingerprint density at radius 3 is 2.68 bits per heavy atom. The van der Waals surface area contributed by atoms with Gasteiger partial charge in [0.15, 0.2) is 0 Å². The molecule has 1 aliphatic rings. The van der Waals surface area contributed by atoms with E-state index in [0.717, 1.165) is 12.0 Å². The van der Waals surface area contributed by atoms with Crippen molar-refractivity contribution in [1.82, 2.24) is 5.32 Å². The number of rotatable bonds is 4. The predicted molar refractivity (Wildman–Crippen MR) is 77.7 cm³/mol. The van der Waals surface area contributed by atoms with Gasteiger partial charge >= 0.3 is 0 Å². The Labute approximate surface area is 115 Å². The minimum absolute atomic E-state index is 0.0115. The molecule has 2 rings (SSSR count). The molecule has 0 aliphatic heterocycles. The highest BCUT2D eigenvalue weighted by Crippen LogP contribution is 2.23. The molecule has 0 saturated heterocycles. The molecule has 1 saturated carbocycles. The van der Waals surface area contributed by atoms with Crippen molar-refractivity contribution in [2.24, 2.45) is 11.7 Å². The van der Waals surface area contributed by atoms with Crippen LogP contribution >= 0.6 is 0 Å². The van der Waals surface area contributed by atoms with Gasteiger partial charge in [-0.05, 0) is 30.7 Å². The van der Waals surface area contributed by atoms with Crippen LogP contribution in [0.2, 0.25) is 0 Å². The first-order valence-electron chi connectivity index (χ1n) is 7.26. The van der Waals surface area contributed by atoms with Gasteiger partial charge in [-0.2, -0.15) is 0 Å². The summed E-state index contributed by atoms with van der Waals surface area (Å²) >= 11 is 0. The molecule has 3 atom stereocenters. The normalized spacial score (nSPS) is 24.7. The fraction of sp³-hybridized carbons (Fsp3) is 0.562. The second kappa shape index (κ2) is 6.71. The molecule has 0 bridgehead atoms. The Bertz CT molecular complexity index is 404. The Hall–Kier alpha value is -1.35. The molecule has 3 nitrogen and oxygen atoms in total. The van der Waals surface area contributed by atoms with Crippen LogP contribution in [-0.2, 0) is 11.2 Å². The monoisotopic (exact) mass is 260 g/mol. The Morgan fingerprint density at radius 1 is 1.32 bits per heavy atom. The van der Waals surface area contributed by atoms with Crippen LogP contribution in [0.25, 0.3) is 0 Å². The lowest BCUT2D eigenvalue weighted by Crippen LogP contribution is -2.49. The van der Waals surface area contributed by atoms with Crippen molar-refractivity contribution in [2.75, 3.05) is 0 Å². The van der Waals surface area contributed by atoms with Gasteiger partial charge < -0.3 is 11.1 Å². The molecule has 0 aromatic heterocycles. The van der Waals surface area contributed by atoms with Gasteiger partial charge in [0.05, 0.1) is 6.04 Å². The largest absolute Gasteiger partial charge is 0.352 e. The third-order valence-electron chi connectivity index (χ3n) is 4.07. The van der Waals surface area contributed by atoms with E-state index in [1.54, 1.807) is 0 Å². The van der Waals surface area contributed by atoms with Gasteiger partial charge in [0.25, 0.3) is 0 Å². The van der Waals surface area contributed by atoms with E-state index in [2.05, 4.69) is 12.2 Å². The van der Waals surface area contributed by atoms with E-state index in [9.17, 15) is 4.79 Å². The third-order valence-corrected chi connectivity index (χ3v) is 4.07. The highest BCUT2D eigenvalue weighted by molar-refractivity contribution is 5.82. The maximum Gasteiger partial charge on any atom is 0.237 e. The molecule has 0 heterocycles. The van der Waals surface area contributed by atoms with Gasteiger partial charge in [-0.25, -0.2) is 0 Å². The summed E-state index contributed by atoms with van der Waals surface area (Å²) in [7, 11) is 0. The number of hydrogen-bond donors (Lipinski definition) is 2. The van der Waals surface area contributed by atoms with Gasteiger partial charge in [-0.15, -0.1) is 0 Å². The Balaban J connectivity index is 1.85. The smallest absolute Gasteiger partial charge is 0.237 e. The summed E-state index contributed by atoms with van der Waals surface area (Å²) in [4.78, 5) is 12.1. The average molecular weight is 260 g/mol. The first-order valence-corrected chi connectivity index (χ1v) is 7.26. The van der Waals surface area contributed by atoms with E-state index in [1.165, 1.54) is 19.3 Å². The fourth-order valence-electron chi connectivity index (χ4n) is 2.78. The van der Waals surface area contributed by atoms with Crippen molar-refractivity contribution in [2.45, 2.75) is 51.1 Å². The van der Waals surface area contributed by atoms with E-state index in [-0.39, 0.29) is 5.91 Å². The van der Waals surface area contributed by atoms with Crippen molar-refractivity contribution >= 4 is 5.91 Å². The molecule has 3 N–H and O–H groups in total. The summed E-state index contributed by atoms with van der Waals surface area (Å²) in [6, 6.07) is 9.80. The Kier molecular flexibility index (Phi) is 4.97. The number of benzene rings is 1. The van der Waals surface area contributed by atoms with Gasteiger partial charge in [0.1, 0.15) is 0 Å². The molecule has 0 spiro atoms. The molecule has 0 radical (unpaired) electrons. The highest BCUT2D eigenvalue weighted by atomic mass is 16.2. The fourth-order valence-corrected chi connectivity index (χ4v) is 2.78. The summed E-state index contributed by atoms with van der Waals surface area (Å²) in [5, 5.41) is 3.12. The van der Waals surface area contributed by atoms with Gasteiger partial charge in [0, 0.05) is 6.04 Å². The molecule has 1 aliphatic carbocycles.